The van der Waals surface area contributed by atoms with Gasteiger partial charge >= 0.3 is 0 Å². The quantitative estimate of drug-likeness (QED) is 0.677. The molecule has 0 atom stereocenters. The minimum atomic E-state index is -0.300. The molecule has 0 bridgehead atoms. The normalized spacial score (nSPS) is 10.6. The van der Waals surface area contributed by atoms with Gasteiger partial charge in [-0.3, -0.25) is 4.79 Å². The van der Waals surface area contributed by atoms with Crippen molar-refractivity contribution in [3.63, 3.8) is 0 Å². The van der Waals surface area contributed by atoms with Crippen LogP contribution in [-0.4, -0.2) is 4.57 Å². The molecule has 110 valence electrons. The smallest absolute Gasteiger partial charge is 0.265 e. The van der Waals surface area contributed by atoms with Gasteiger partial charge in [-0.1, -0.05) is 42.5 Å². The van der Waals surface area contributed by atoms with E-state index in [-0.39, 0.29) is 11.4 Å². The Morgan fingerprint density at radius 2 is 1.77 bits per heavy atom. The van der Waals surface area contributed by atoms with Gasteiger partial charge in [0.1, 0.15) is 5.82 Å². The zero-order valence-corrected chi connectivity index (χ0v) is 13.3. The summed E-state index contributed by atoms with van der Waals surface area (Å²) in [5.74, 6) is -0.300. The van der Waals surface area contributed by atoms with Crippen LogP contribution in [0.5, 0.6) is 0 Å². The number of hydrogen-bond donors (Lipinski definition) is 0. The number of benzene rings is 2. The monoisotopic (exact) mass is 357 g/mol. The van der Waals surface area contributed by atoms with Gasteiger partial charge in [-0.15, -0.1) is 0 Å². The molecular formula is C18H13BrFNO. The van der Waals surface area contributed by atoms with Crippen LogP contribution in [0.1, 0.15) is 5.56 Å². The summed E-state index contributed by atoms with van der Waals surface area (Å²) in [6, 6.07) is 17.9. The molecule has 0 saturated heterocycles. The van der Waals surface area contributed by atoms with E-state index in [1.165, 1.54) is 12.1 Å². The Hall–Kier alpha value is -2.20. The van der Waals surface area contributed by atoms with Crippen molar-refractivity contribution in [3.8, 4) is 11.1 Å². The van der Waals surface area contributed by atoms with Crippen LogP contribution < -0.4 is 5.56 Å². The summed E-state index contributed by atoms with van der Waals surface area (Å²) in [5.41, 5.74) is 2.44. The highest BCUT2D eigenvalue weighted by Crippen LogP contribution is 2.25. The zero-order chi connectivity index (χ0) is 15.5. The Balaban J connectivity index is 1.99. The van der Waals surface area contributed by atoms with Crippen LogP contribution >= 0.6 is 15.9 Å². The molecule has 0 N–H and O–H groups in total. The molecule has 0 spiro atoms. The first kappa shape index (κ1) is 14.7. The topological polar surface area (TPSA) is 22.0 Å². The third kappa shape index (κ3) is 3.02. The first-order valence-corrected chi connectivity index (χ1v) is 7.63. The Kier molecular flexibility index (Phi) is 4.20. The third-order valence-corrected chi connectivity index (χ3v) is 4.20. The standard InChI is InChI=1S/C18H13BrFNO/c19-17-16(14-6-2-1-3-7-14)9-10-21(18(17)22)12-13-5-4-8-15(20)11-13/h1-11H,12H2. The molecule has 1 aromatic heterocycles. The Labute approximate surface area is 136 Å². The molecule has 0 radical (unpaired) electrons. The molecule has 1 heterocycles. The van der Waals surface area contributed by atoms with Crippen LogP contribution in [-0.2, 0) is 6.54 Å². The number of pyridine rings is 1. The second-order valence-electron chi connectivity index (χ2n) is 4.97. The van der Waals surface area contributed by atoms with Crippen LogP contribution in [0.25, 0.3) is 11.1 Å². The first-order valence-electron chi connectivity index (χ1n) is 6.84. The lowest BCUT2D eigenvalue weighted by Crippen LogP contribution is -2.21. The molecule has 0 amide bonds. The summed E-state index contributed by atoms with van der Waals surface area (Å²) >= 11 is 3.39. The van der Waals surface area contributed by atoms with Gasteiger partial charge in [-0.05, 0) is 45.3 Å². The highest BCUT2D eigenvalue weighted by molar-refractivity contribution is 9.10. The SMILES string of the molecule is O=c1c(Br)c(-c2ccccc2)ccn1Cc1cccc(F)c1. The van der Waals surface area contributed by atoms with E-state index in [1.54, 1.807) is 22.9 Å². The van der Waals surface area contributed by atoms with Gasteiger partial charge in [0.2, 0.25) is 0 Å². The Bertz CT molecular complexity index is 858. The summed E-state index contributed by atoms with van der Waals surface area (Å²) in [4.78, 5) is 12.5. The molecular weight excluding hydrogens is 345 g/mol. The molecule has 0 unspecified atom stereocenters. The van der Waals surface area contributed by atoms with Crippen molar-refractivity contribution in [2.45, 2.75) is 6.54 Å². The van der Waals surface area contributed by atoms with Crippen LogP contribution in [0.4, 0.5) is 4.39 Å². The molecule has 0 aliphatic heterocycles. The summed E-state index contributed by atoms with van der Waals surface area (Å²) in [6.07, 6.45) is 1.74. The maximum absolute atomic E-state index is 13.2. The minimum Gasteiger partial charge on any atom is -0.310 e. The molecule has 2 aromatic carbocycles. The van der Waals surface area contributed by atoms with E-state index in [4.69, 9.17) is 0 Å². The van der Waals surface area contributed by atoms with Crippen molar-refractivity contribution < 1.29 is 4.39 Å². The number of halogens is 2. The number of aromatic nitrogens is 1. The molecule has 2 nitrogen and oxygen atoms in total. The van der Waals surface area contributed by atoms with Gasteiger partial charge in [0.15, 0.2) is 0 Å². The van der Waals surface area contributed by atoms with Crippen LogP contribution in [0.3, 0.4) is 0 Å². The Morgan fingerprint density at radius 3 is 2.50 bits per heavy atom. The number of rotatable bonds is 3. The molecule has 0 aliphatic rings. The average molecular weight is 358 g/mol. The van der Waals surface area contributed by atoms with Gasteiger partial charge in [0, 0.05) is 11.8 Å². The van der Waals surface area contributed by atoms with Gasteiger partial charge in [-0.2, -0.15) is 0 Å². The highest BCUT2D eigenvalue weighted by atomic mass is 79.9. The second-order valence-corrected chi connectivity index (χ2v) is 5.77. The van der Waals surface area contributed by atoms with E-state index in [0.717, 1.165) is 16.7 Å². The summed E-state index contributed by atoms with van der Waals surface area (Å²) in [5, 5.41) is 0. The summed E-state index contributed by atoms with van der Waals surface area (Å²) in [6.45, 7) is 0.338. The maximum atomic E-state index is 13.2. The molecule has 22 heavy (non-hydrogen) atoms. The van der Waals surface area contributed by atoms with Gasteiger partial charge in [0.05, 0.1) is 11.0 Å². The van der Waals surface area contributed by atoms with Crippen LogP contribution in [0.2, 0.25) is 0 Å². The van der Waals surface area contributed by atoms with Crippen molar-refractivity contribution >= 4 is 15.9 Å². The zero-order valence-electron chi connectivity index (χ0n) is 11.7. The van der Waals surface area contributed by atoms with Crippen LogP contribution in [0.15, 0.2) is 76.1 Å². The van der Waals surface area contributed by atoms with Gasteiger partial charge < -0.3 is 4.57 Å². The number of hydrogen-bond acceptors (Lipinski definition) is 1. The second kappa shape index (κ2) is 6.28. The third-order valence-electron chi connectivity index (χ3n) is 3.43. The van der Waals surface area contributed by atoms with E-state index in [9.17, 15) is 9.18 Å². The van der Waals surface area contributed by atoms with Crippen molar-refractivity contribution in [2.24, 2.45) is 0 Å². The van der Waals surface area contributed by atoms with Crippen LogP contribution in [0, 0.1) is 5.82 Å². The highest BCUT2D eigenvalue weighted by Gasteiger charge is 2.09. The van der Waals surface area contributed by atoms with Crippen molar-refractivity contribution in [1.29, 1.82) is 0 Å². The van der Waals surface area contributed by atoms with E-state index in [1.807, 2.05) is 36.4 Å². The molecule has 0 saturated carbocycles. The molecule has 4 heteroatoms. The fourth-order valence-electron chi connectivity index (χ4n) is 2.34. The fraction of sp³-hybridized carbons (Fsp3) is 0.0556. The lowest BCUT2D eigenvalue weighted by molar-refractivity contribution is 0.622. The van der Waals surface area contributed by atoms with E-state index in [2.05, 4.69) is 15.9 Å². The minimum absolute atomic E-state index is 0.134. The molecule has 3 rings (SSSR count). The lowest BCUT2D eigenvalue weighted by atomic mass is 10.1. The molecule has 0 aliphatic carbocycles. The van der Waals surface area contributed by atoms with Crippen molar-refractivity contribution in [3.05, 3.63) is 93.1 Å². The van der Waals surface area contributed by atoms with E-state index >= 15 is 0 Å². The predicted molar refractivity (Wildman–Crippen MR) is 89.3 cm³/mol. The predicted octanol–water partition coefficient (Wildman–Crippen LogP) is 4.47. The summed E-state index contributed by atoms with van der Waals surface area (Å²) in [7, 11) is 0. The number of nitrogens with zero attached hydrogens (tertiary/aromatic N) is 1. The Morgan fingerprint density at radius 1 is 1.00 bits per heavy atom. The van der Waals surface area contributed by atoms with Gasteiger partial charge in [0.25, 0.3) is 5.56 Å². The lowest BCUT2D eigenvalue weighted by Gasteiger charge is -2.10. The van der Waals surface area contributed by atoms with E-state index < -0.39 is 0 Å². The first-order chi connectivity index (χ1) is 10.6. The van der Waals surface area contributed by atoms with Crippen molar-refractivity contribution in [1.82, 2.24) is 4.57 Å². The molecule has 3 aromatic rings. The average Bonchev–Trinajstić information content (AvgIpc) is 2.53. The van der Waals surface area contributed by atoms with Gasteiger partial charge in [-0.25, -0.2) is 4.39 Å². The van der Waals surface area contributed by atoms with E-state index in [0.29, 0.717) is 11.0 Å². The maximum Gasteiger partial charge on any atom is 0.265 e. The fourth-order valence-corrected chi connectivity index (χ4v) is 2.93. The molecule has 0 fully saturated rings. The van der Waals surface area contributed by atoms with Crippen molar-refractivity contribution in [2.75, 3.05) is 0 Å². The largest absolute Gasteiger partial charge is 0.310 e. The summed E-state index contributed by atoms with van der Waals surface area (Å²) < 4.78 is 15.3.